The lowest BCUT2D eigenvalue weighted by atomic mass is 9.66. The Labute approximate surface area is 172 Å². The van der Waals surface area contributed by atoms with E-state index in [9.17, 15) is 4.79 Å². The number of benzene rings is 2. The van der Waals surface area contributed by atoms with Crippen LogP contribution in [0.5, 0.6) is 0 Å². The molecule has 0 radical (unpaired) electrons. The molecule has 0 spiro atoms. The molecule has 0 aromatic heterocycles. The molecule has 4 rings (SSSR count). The van der Waals surface area contributed by atoms with E-state index in [0.717, 1.165) is 29.8 Å². The molecule has 1 N–H and O–H groups in total. The number of amides is 1. The fourth-order valence-electron chi connectivity index (χ4n) is 4.94. The summed E-state index contributed by atoms with van der Waals surface area (Å²) in [5.74, 6) is 0.983. The standard InChI is InChI=1S/C24H28ClNO2/c1-16-8-13-20-21(14-16)28-22(17-9-11-19(25)12-10-17)15-24(20,2)26-23(27)18-6-4-3-5-7-18/h3-7,9-12,16,20-22H,8,13-15H2,1-2H3,(H,26,27)/t16-,20-,21-,22-,24-/m0/s1. The topological polar surface area (TPSA) is 38.3 Å². The highest BCUT2D eigenvalue weighted by molar-refractivity contribution is 6.30. The summed E-state index contributed by atoms with van der Waals surface area (Å²) in [6, 6.07) is 17.4. The van der Waals surface area contributed by atoms with Crippen molar-refractivity contribution in [1.29, 1.82) is 0 Å². The lowest BCUT2D eigenvalue weighted by molar-refractivity contribution is -0.144. The summed E-state index contributed by atoms with van der Waals surface area (Å²) in [7, 11) is 0. The number of carbonyl (C=O) groups is 1. The number of rotatable bonds is 3. The third kappa shape index (κ3) is 3.97. The minimum atomic E-state index is -0.305. The second-order valence-corrected chi connectivity index (χ2v) is 9.12. The van der Waals surface area contributed by atoms with Crippen LogP contribution < -0.4 is 5.32 Å². The van der Waals surface area contributed by atoms with Gasteiger partial charge < -0.3 is 10.1 Å². The van der Waals surface area contributed by atoms with E-state index < -0.39 is 0 Å². The van der Waals surface area contributed by atoms with Crippen molar-refractivity contribution in [3.8, 4) is 0 Å². The summed E-state index contributed by atoms with van der Waals surface area (Å²) >= 11 is 6.08. The highest BCUT2D eigenvalue weighted by Gasteiger charge is 2.49. The van der Waals surface area contributed by atoms with Gasteiger partial charge in [-0.3, -0.25) is 4.79 Å². The Morgan fingerprint density at radius 2 is 1.82 bits per heavy atom. The van der Waals surface area contributed by atoms with Gasteiger partial charge in [0, 0.05) is 28.5 Å². The Balaban J connectivity index is 1.62. The quantitative estimate of drug-likeness (QED) is 0.711. The number of carbonyl (C=O) groups excluding carboxylic acids is 1. The molecule has 0 unspecified atom stereocenters. The van der Waals surface area contributed by atoms with E-state index in [1.54, 1.807) is 0 Å². The number of hydrogen-bond donors (Lipinski definition) is 1. The van der Waals surface area contributed by atoms with E-state index in [4.69, 9.17) is 16.3 Å². The van der Waals surface area contributed by atoms with Crippen LogP contribution in [-0.4, -0.2) is 17.6 Å². The van der Waals surface area contributed by atoms with Crippen molar-refractivity contribution in [1.82, 2.24) is 5.32 Å². The van der Waals surface area contributed by atoms with Gasteiger partial charge in [-0.05, 0) is 55.5 Å². The van der Waals surface area contributed by atoms with Crippen LogP contribution >= 0.6 is 11.6 Å². The average molecular weight is 398 g/mol. The largest absolute Gasteiger partial charge is 0.370 e. The summed E-state index contributed by atoms with van der Waals surface area (Å²) in [5.41, 5.74) is 1.53. The smallest absolute Gasteiger partial charge is 0.251 e. The van der Waals surface area contributed by atoms with Gasteiger partial charge in [0.2, 0.25) is 0 Å². The van der Waals surface area contributed by atoms with Crippen molar-refractivity contribution >= 4 is 17.5 Å². The fourth-order valence-corrected chi connectivity index (χ4v) is 5.07. The summed E-state index contributed by atoms with van der Waals surface area (Å²) in [6.07, 6.45) is 4.22. The second kappa shape index (κ2) is 7.88. The molecule has 4 heteroatoms. The van der Waals surface area contributed by atoms with Crippen molar-refractivity contribution in [2.75, 3.05) is 0 Å². The van der Waals surface area contributed by atoms with Crippen LogP contribution in [0.15, 0.2) is 54.6 Å². The van der Waals surface area contributed by atoms with E-state index in [0.29, 0.717) is 17.4 Å². The van der Waals surface area contributed by atoms with Crippen molar-refractivity contribution in [3.05, 3.63) is 70.7 Å². The van der Waals surface area contributed by atoms with Gasteiger partial charge in [-0.1, -0.05) is 55.3 Å². The van der Waals surface area contributed by atoms with Crippen LogP contribution in [0.3, 0.4) is 0 Å². The molecule has 28 heavy (non-hydrogen) atoms. The first-order valence-corrected chi connectivity index (χ1v) is 10.6. The summed E-state index contributed by atoms with van der Waals surface area (Å²) in [6.45, 7) is 4.50. The van der Waals surface area contributed by atoms with E-state index >= 15 is 0 Å². The first-order chi connectivity index (χ1) is 13.4. The monoisotopic (exact) mass is 397 g/mol. The molecule has 148 valence electrons. The van der Waals surface area contributed by atoms with E-state index in [1.807, 2.05) is 54.6 Å². The van der Waals surface area contributed by atoms with E-state index in [2.05, 4.69) is 19.2 Å². The van der Waals surface area contributed by atoms with Gasteiger partial charge in [-0.2, -0.15) is 0 Å². The van der Waals surface area contributed by atoms with Crippen LogP contribution in [-0.2, 0) is 4.74 Å². The van der Waals surface area contributed by atoms with Gasteiger partial charge in [-0.15, -0.1) is 0 Å². The van der Waals surface area contributed by atoms with Gasteiger partial charge >= 0.3 is 0 Å². The van der Waals surface area contributed by atoms with Crippen molar-refractivity contribution < 1.29 is 9.53 Å². The first kappa shape index (κ1) is 19.5. The first-order valence-electron chi connectivity index (χ1n) is 10.2. The highest BCUT2D eigenvalue weighted by atomic mass is 35.5. The Kier molecular flexibility index (Phi) is 5.48. The average Bonchev–Trinajstić information content (AvgIpc) is 2.68. The second-order valence-electron chi connectivity index (χ2n) is 8.68. The van der Waals surface area contributed by atoms with Gasteiger partial charge in [-0.25, -0.2) is 0 Å². The molecule has 1 saturated heterocycles. The molecule has 1 aliphatic carbocycles. The number of ether oxygens (including phenoxy) is 1. The normalized spacial score (nSPS) is 32.4. The van der Waals surface area contributed by atoms with Crippen LogP contribution in [0.25, 0.3) is 0 Å². The molecule has 1 saturated carbocycles. The fraction of sp³-hybridized carbons (Fsp3) is 0.458. The maximum atomic E-state index is 13.0. The summed E-state index contributed by atoms with van der Waals surface area (Å²) < 4.78 is 6.58. The maximum Gasteiger partial charge on any atom is 0.251 e. The molecule has 1 aliphatic heterocycles. The van der Waals surface area contributed by atoms with Gasteiger partial charge in [0.25, 0.3) is 5.91 Å². The SMILES string of the molecule is C[C@H]1CC[C@H]2[C@H](C1)O[C@H](c1ccc(Cl)cc1)C[C@]2(C)NC(=O)c1ccccc1. The number of fused-ring (bicyclic) bond motifs is 1. The van der Waals surface area contributed by atoms with Crippen molar-refractivity contribution in [2.24, 2.45) is 11.8 Å². The van der Waals surface area contributed by atoms with Crippen molar-refractivity contribution in [2.45, 2.75) is 57.3 Å². The lowest BCUT2D eigenvalue weighted by Gasteiger charge is -2.52. The van der Waals surface area contributed by atoms with Crippen LogP contribution in [0.2, 0.25) is 5.02 Å². The third-order valence-electron chi connectivity index (χ3n) is 6.50. The third-order valence-corrected chi connectivity index (χ3v) is 6.75. The Morgan fingerprint density at radius 3 is 2.54 bits per heavy atom. The minimum absolute atomic E-state index is 0.00257. The van der Waals surface area contributed by atoms with Crippen LogP contribution in [0.4, 0.5) is 0 Å². The van der Waals surface area contributed by atoms with Gasteiger partial charge in [0.05, 0.1) is 12.2 Å². The summed E-state index contributed by atoms with van der Waals surface area (Å²) in [4.78, 5) is 13.0. The molecule has 1 amide bonds. The van der Waals surface area contributed by atoms with E-state index in [1.165, 1.54) is 6.42 Å². The predicted molar refractivity (Wildman–Crippen MR) is 113 cm³/mol. The number of halogens is 1. The zero-order valence-corrected chi connectivity index (χ0v) is 17.3. The predicted octanol–water partition coefficient (Wildman–Crippen LogP) is 5.79. The zero-order chi connectivity index (χ0) is 19.7. The van der Waals surface area contributed by atoms with Crippen LogP contribution in [0, 0.1) is 11.8 Å². The molecule has 5 atom stereocenters. The Hall–Kier alpha value is -1.84. The Bertz CT molecular complexity index is 822. The lowest BCUT2D eigenvalue weighted by Crippen LogP contribution is -2.60. The molecular weight excluding hydrogens is 370 g/mol. The molecule has 0 bridgehead atoms. The highest BCUT2D eigenvalue weighted by Crippen LogP contribution is 2.48. The molecule has 2 aliphatic rings. The molecule has 2 aromatic carbocycles. The van der Waals surface area contributed by atoms with Gasteiger partial charge in [0.1, 0.15) is 0 Å². The van der Waals surface area contributed by atoms with E-state index in [-0.39, 0.29) is 23.7 Å². The summed E-state index contributed by atoms with van der Waals surface area (Å²) in [5, 5.41) is 4.12. The number of nitrogens with one attached hydrogen (secondary N) is 1. The van der Waals surface area contributed by atoms with Gasteiger partial charge in [0.15, 0.2) is 0 Å². The number of hydrogen-bond acceptors (Lipinski definition) is 2. The van der Waals surface area contributed by atoms with Crippen molar-refractivity contribution in [3.63, 3.8) is 0 Å². The van der Waals surface area contributed by atoms with Crippen LogP contribution in [0.1, 0.15) is 61.6 Å². The molecule has 2 aromatic rings. The molecule has 3 nitrogen and oxygen atoms in total. The zero-order valence-electron chi connectivity index (χ0n) is 16.5. The molecule has 1 heterocycles. The molecule has 2 fully saturated rings. The Morgan fingerprint density at radius 1 is 1.11 bits per heavy atom. The molecular formula is C24H28ClNO2. The minimum Gasteiger partial charge on any atom is -0.370 e. The maximum absolute atomic E-state index is 13.0.